The van der Waals surface area contributed by atoms with Crippen LogP contribution in [0, 0.1) is 13.8 Å². The zero-order chi connectivity index (χ0) is 14.9. The number of nitrogens with one attached hydrogen (secondary N) is 2. The first-order chi connectivity index (χ1) is 9.33. The number of anilines is 2. The summed E-state index contributed by atoms with van der Waals surface area (Å²) in [6.07, 6.45) is 3.05. The lowest BCUT2D eigenvalue weighted by Crippen LogP contribution is -2.16. The van der Waals surface area contributed by atoms with Crippen LogP contribution in [0.5, 0.6) is 0 Å². The molecule has 7 nitrogen and oxygen atoms in total. The van der Waals surface area contributed by atoms with E-state index in [4.69, 9.17) is 5.84 Å². The van der Waals surface area contributed by atoms with E-state index in [1.165, 1.54) is 10.9 Å². The first kappa shape index (κ1) is 14.4. The van der Waals surface area contributed by atoms with Crippen molar-refractivity contribution in [3.8, 4) is 0 Å². The summed E-state index contributed by atoms with van der Waals surface area (Å²) in [5, 5.41) is 3.93. The molecule has 0 amide bonds. The van der Waals surface area contributed by atoms with Gasteiger partial charge in [0.05, 0.1) is 16.8 Å². The van der Waals surface area contributed by atoms with Gasteiger partial charge in [-0.15, -0.1) is 0 Å². The highest BCUT2D eigenvalue weighted by Crippen LogP contribution is 2.25. The summed E-state index contributed by atoms with van der Waals surface area (Å²) in [6.45, 7) is 3.46. The number of aryl methyl sites for hydroxylation is 3. The second-order valence-corrected chi connectivity index (χ2v) is 6.21. The van der Waals surface area contributed by atoms with Gasteiger partial charge in [-0.3, -0.25) is 15.2 Å². The topological polar surface area (TPSA) is 102 Å². The molecule has 0 spiro atoms. The summed E-state index contributed by atoms with van der Waals surface area (Å²) in [7, 11) is -1.94. The lowest BCUT2D eigenvalue weighted by molar-refractivity contribution is 0.600. The molecule has 1 aromatic carbocycles. The van der Waals surface area contributed by atoms with E-state index in [1.807, 2.05) is 0 Å². The first-order valence-electron chi connectivity index (χ1n) is 5.93. The molecule has 108 valence electrons. The van der Waals surface area contributed by atoms with Gasteiger partial charge in [0.25, 0.3) is 10.0 Å². The lowest BCUT2D eigenvalue weighted by atomic mass is 10.1. The van der Waals surface area contributed by atoms with Crippen molar-refractivity contribution in [2.45, 2.75) is 18.7 Å². The van der Waals surface area contributed by atoms with E-state index in [1.54, 1.807) is 39.2 Å². The molecule has 0 saturated carbocycles. The van der Waals surface area contributed by atoms with E-state index in [-0.39, 0.29) is 4.90 Å². The van der Waals surface area contributed by atoms with Gasteiger partial charge in [-0.25, -0.2) is 8.42 Å². The van der Waals surface area contributed by atoms with Crippen molar-refractivity contribution in [2.24, 2.45) is 12.9 Å². The van der Waals surface area contributed by atoms with E-state index < -0.39 is 10.0 Å². The monoisotopic (exact) mass is 295 g/mol. The van der Waals surface area contributed by atoms with Crippen molar-refractivity contribution >= 4 is 21.4 Å². The molecule has 0 aliphatic carbocycles. The van der Waals surface area contributed by atoms with Gasteiger partial charge in [0, 0.05) is 18.9 Å². The molecule has 0 fully saturated rings. The number of hydrazine groups is 1. The van der Waals surface area contributed by atoms with Gasteiger partial charge in [0.2, 0.25) is 0 Å². The quantitative estimate of drug-likeness (QED) is 0.579. The third kappa shape index (κ3) is 2.75. The zero-order valence-electron chi connectivity index (χ0n) is 11.5. The minimum atomic E-state index is -3.66. The molecule has 2 aromatic rings. The van der Waals surface area contributed by atoms with Crippen LogP contribution in [0.4, 0.5) is 11.4 Å². The molecular weight excluding hydrogens is 278 g/mol. The van der Waals surface area contributed by atoms with Crippen molar-refractivity contribution in [3.63, 3.8) is 0 Å². The maximum Gasteiger partial charge on any atom is 0.262 e. The first-order valence-corrected chi connectivity index (χ1v) is 7.41. The molecule has 0 aliphatic rings. The Morgan fingerprint density at radius 1 is 1.20 bits per heavy atom. The maximum absolute atomic E-state index is 12.5. The molecule has 8 heteroatoms. The van der Waals surface area contributed by atoms with Crippen LogP contribution in [0.1, 0.15) is 11.1 Å². The summed E-state index contributed by atoms with van der Waals surface area (Å²) in [4.78, 5) is 0.250. The maximum atomic E-state index is 12.5. The molecule has 4 N–H and O–H groups in total. The Morgan fingerprint density at radius 3 is 2.25 bits per heavy atom. The fourth-order valence-corrected chi connectivity index (χ4v) is 3.62. The molecule has 0 aliphatic heterocycles. The molecule has 0 bridgehead atoms. The fraction of sp³-hybridized carbons (Fsp3) is 0.250. The largest absolute Gasteiger partial charge is 0.324 e. The summed E-state index contributed by atoms with van der Waals surface area (Å²) >= 11 is 0. The van der Waals surface area contributed by atoms with E-state index in [0.29, 0.717) is 22.5 Å². The lowest BCUT2D eigenvalue weighted by Gasteiger charge is -2.13. The summed E-state index contributed by atoms with van der Waals surface area (Å²) in [6, 6.07) is 3.37. The fourth-order valence-electron chi connectivity index (χ4n) is 2.14. The van der Waals surface area contributed by atoms with Crippen LogP contribution >= 0.6 is 0 Å². The Bertz CT molecular complexity index is 713. The number of rotatable bonds is 4. The van der Waals surface area contributed by atoms with Gasteiger partial charge in [-0.1, -0.05) is 0 Å². The van der Waals surface area contributed by atoms with Crippen LogP contribution in [-0.4, -0.2) is 18.2 Å². The van der Waals surface area contributed by atoms with Gasteiger partial charge in [-0.05, 0) is 37.1 Å². The Kier molecular flexibility index (Phi) is 3.69. The number of hydrogen-bond donors (Lipinski definition) is 3. The smallest absolute Gasteiger partial charge is 0.262 e. The summed E-state index contributed by atoms with van der Waals surface area (Å²) in [5.74, 6) is 5.35. The molecule has 1 heterocycles. The SMILES string of the molecule is Cc1cc(NN)cc(C)c1S(=O)(=O)Nc1cnn(C)c1. The van der Waals surface area contributed by atoms with Crippen molar-refractivity contribution in [1.82, 2.24) is 9.78 Å². The summed E-state index contributed by atoms with van der Waals surface area (Å²) < 4.78 is 28.9. The molecule has 1 aromatic heterocycles. The molecule has 0 unspecified atom stereocenters. The van der Waals surface area contributed by atoms with Gasteiger partial charge in [-0.2, -0.15) is 5.10 Å². The average Bonchev–Trinajstić information content (AvgIpc) is 2.72. The van der Waals surface area contributed by atoms with Crippen molar-refractivity contribution in [3.05, 3.63) is 35.7 Å². The summed E-state index contributed by atoms with van der Waals surface area (Å²) in [5.41, 5.74) is 4.84. The number of hydrogen-bond acceptors (Lipinski definition) is 5. The van der Waals surface area contributed by atoms with E-state index >= 15 is 0 Å². The van der Waals surface area contributed by atoms with Crippen LogP contribution < -0.4 is 16.0 Å². The van der Waals surface area contributed by atoms with Crippen LogP contribution in [0.15, 0.2) is 29.4 Å². The van der Waals surface area contributed by atoms with Gasteiger partial charge < -0.3 is 5.43 Å². The highest BCUT2D eigenvalue weighted by molar-refractivity contribution is 7.92. The number of nitrogens with two attached hydrogens (primary N) is 1. The number of aromatic nitrogens is 2. The van der Waals surface area contributed by atoms with Gasteiger partial charge >= 0.3 is 0 Å². The number of sulfonamides is 1. The van der Waals surface area contributed by atoms with Crippen molar-refractivity contribution < 1.29 is 8.42 Å². The van der Waals surface area contributed by atoms with Crippen LogP contribution in [0.2, 0.25) is 0 Å². The predicted molar refractivity (Wildman–Crippen MR) is 77.7 cm³/mol. The van der Waals surface area contributed by atoms with Crippen LogP contribution in [0.3, 0.4) is 0 Å². The molecule has 0 atom stereocenters. The van der Waals surface area contributed by atoms with Crippen molar-refractivity contribution in [2.75, 3.05) is 10.1 Å². The van der Waals surface area contributed by atoms with Crippen molar-refractivity contribution in [1.29, 1.82) is 0 Å². The molecule has 0 radical (unpaired) electrons. The zero-order valence-corrected chi connectivity index (χ0v) is 12.3. The third-order valence-electron chi connectivity index (χ3n) is 2.85. The van der Waals surface area contributed by atoms with Crippen LogP contribution in [-0.2, 0) is 17.1 Å². The Morgan fingerprint density at radius 2 is 1.80 bits per heavy atom. The van der Waals surface area contributed by atoms with Gasteiger partial charge in [0.15, 0.2) is 0 Å². The van der Waals surface area contributed by atoms with Gasteiger partial charge in [0.1, 0.15) is 0 Å². The Balaban J connectivity index is 2.44. The average molecular weight is 295 g/mol. The number of nitrogens with zero attached hydrogens (tertiary/aromatic N) is 2. The second-order valence-electron chi connectivity index (χ2n) is 4.59. The highest BCUT2D eigenvalue weighted by Gasteiger charge is 2.20. The normalized spacial score (nSPS) is 11.4. The van der Waals surface area contributed by atoms with E-state index in [9.17, 15) is 8.42 Å². The molecule has 20 heavy (non-hydrogen) atoms. The number of benzene rings is 1. The standard InChI is InChI=1S/C12H17N5O2S/c1-8-4-10(15-13)5-9(2)12(8)20(18,19)16-11-6-14-17(3)7-11/h4-7,15-16H,13H2,1-3H3. The Labute approximate surface area is 117 Å². The highest BCUT2D eigenvalue weighted by atomic mass is 32.2. The predicted octanol–water partition coefficient (Wildman–Crippen LogP) is 1.12. The minimum Gasteiger partial charge on any atom is -0.324 e. The third-order valence-corrected chi connectivity index (χ3v) is 4.54. The minimum absolute atomic E-state index is 0.250. The van der Waals surface area contributed by atoms with Crippen LogP contribution in [0.25, 0.3) is 0 Å². The molecule has 0 saturated heterocycles. The van der Waals surface area contributed by atoms with E-state index in [2.05, 4.69) is 15.2 Å². The Hall–Kier alpha value is -2.06. The van der Waals surface area contributed by atoms with E-state index in [0.717, 1.165) is 0 Å². The second kappa shape index (κ2) is 5.14. The molecule has 2 rings (SSSR count). The molecular formula is C12H17N5O2S. The number of nitrogen functional groups attached to an aromatic ring is 1.